The molecule has 1 aliphatic heterocycles. The zero-order valence-corrected chi connectivity index (χ0v) is 18.0. The summed E-state index contributed by atoms with van der Waals surface area (Å²) in [6, 6.07) is 2.72. The van der Waals surface area contributed by atoms with Gasteiger partial charge in [0.2, 0.25) is 0 Å². The van der Waals surface area contributed by atoms with Crippen molar-refractivity contribution < 1.29 is 4.39 Å². The fourth-order valence-corrected chi connectivity index (χ4v) is 4.46. The van der Waals surface area contributed by atoms with Crippen molar-refractivity contribution in [1.82, 2.24) is 19.4 Å². The molecule has 7 heteroatoms. The summed E-state index contributed by atoms with van der Waals surface area (Å²) in [4.78, 5) is 22.7. The van der Waals surface area contributed by atoms with E-state index in [2.05, 4.69) is 30.7 Å². The maximum Gasteiger partial charge on any atom is 0.261 e. The third kappa shape index (κ3) is 4.24. The fourth-order valence-electron chi connectivity index (χ4n) is 4.30. The molecule has 0 aliphatic carbocycles. The van der Waals surface area contributed by atoms with Gasteiger partial charge in [-0.3, -0.25) is 14.3 Å². The van der Waals surface area contributed by atoms with Gasteiger partial charge in [0, 0.05) is 38.8 Å². The van der Waals surface area contributed by atoms with Crippen LogP contribution < -0.4 is 5.56 Å². The molecule has 2 heterocycles. The molecule has 1 aromatic heterocycles. The van der Waals surface area contributed by atoms with Crippen LogP contribution in [0.15, 0.2) is 16.9 Å². The van der Waals surface area contributed by atoms with Gasteiger partial charge >= 0.3 is 0 Å². The highest BCUT2D eigenvalue weighted by atomic mass is 35.5. The molecule has 1 saturated heterocycles. The van der Waals surface area contributed by atoms with Crippen molar-refractivity contribution in [2.45, 2.75) is 46.2 Å². The number of hydrogen-bond acceptors (Lipinski definition) is 4. The molecule has 0 amide bonds. The van der Waals surface area contributed by atoms with Gasteiger partial charge in [-0.15, -0.1) is 0 Å². The summed E-state index contributed by atoms with van der Waals surface area (Å²) < 4.78 is 15.8. The quantitative estimate of drug-likeness (QED) is 0.751. The van der Waals surface area contributed by atoms with Gasteiger partial charge in [0.1, 0.15) is 11.6 Å². The number of rotatable bonds is 5. The third-order valence-corrected chi connectivity index (χ3v) is 5.87. The molecule has 1 aliphatic rings. The summed E-state index contributed by atoms with van der Waals surface area (Å²) in [6.07, 6.45) is 1.89. The predicted molar refractivity (Wildman–Crippen MR) is 113 cm³/mol. The second-order valence-electron chi connectivity index (χ2n) is 7.97. The van der Waals surface area contributed by atoms with Gasteiger partial charge in [-0.25, -0.2) is 9.37 Å². The highest BCUT2D eigenvalue weighted by Gasteiger charge is 2.28. The normalized spacial score (nSPS) is 20.4. The minimum atomic E-state index is -0.543. The summed E-state index contributed by atoms with van der Waals surface area (Å²) >= 11 is 5.91. The number of likely N-dealkylation sites (N-methyl/N-ethyl adjacent to an activating group) is 1. The lowest BCUT2D eigenvalue weighted by Gasteiger charge is -2.32. The number of halogens is 2. The van der Waals surface area contributed by atoms with Gasteiger partial charge in [0.15, 0.2) is 0 Å². The Morgan fingerprint density at radius 2 is 2.04 bits per heavy atom. The molecule has 0 N–H and O–H groups in total. The minimum absolute atomic E-state index is 0.0368. The third-order valence-electron chi connectivity index (χ3n) is 5.58. The van der Waals surface area contributed by atoms with E-state index in [1.54, 1.807) is 4.57 Å². The van der Waals surface area contributed by atoms with E-state index in [9.17, 15) is 9.18 Å². The Morgan fingerprint density at radius 3 is 2.71 bits per heavy atom. The molecule has 1 fully saturated rings. The van der Waals surface area contributed by atoms with Gasteiger partial charge in [-0.05, 0) is 32.4 Å². The maximum absolute atomic E-state index is 14.0. The van der Waals surface area contributed by atoms with Crippen LogP contribution in [-0.2, 0) is 6.54 Å². The number of hydrogen-bond donors (Lipinski definition) is 0. The van der Waals surface area contributed by atoms with Gasteiger partial charge in [-0.1, -0.05) is 31.9 Å². The number of benzene rings is 1. The second-order valence-corrected chi connectivity index (χ2v) is 8.38. The van der Waals surface area contributed by atoms with Gasteiger partial charge in [0.25, 0.3) is 5.56 Å². The second kappa shape index (κ2) is 8.89. The van der Waals surface area contributed by atoms with E-state index in [0.717, 1.165) is 44.8 Å². The van der Waals surface area contributed by atoms with Crippen LogP contribution in [-0.4, -0.2) is 52.6 Å². The molecule has 1 unspecified atom stereocenters. The molecule has 0 spiro atoms. The van der Waals surface area contributed by atoms with Crippen LogP contribution in [0.3, 0.4) is 0 Å². The number of fused-ring (bicyclic) bond motifs is 1. The first-order valence-electron chi connectivity index (χ1n) is 10.2. The maximum atomic E-state index is 14.0. The first kappa shape index (κ1) is 21.2. The number of aromatic nitrogens is 2. The highest BCUT2D eigenvalue weighted by molar-refractivity contribution is 6.31. The highest BCUT2D eigenvalue weighted by Crippen LogP contribution is 2.28. The Labute approximate surface area is 171 Å². The molecular formula is C21H30ClFN4O. The average Bonchev–Trinajstić information content (AvgIpc) is 2.81. The summed E-state index contributed by atoms with van der Waals surface area (Å²) in [7, 11) is 2.15. The van der Waals surface area contributed by atoms with E-state index in [1.165, 1.54) is 12.1 Å². The molecule has 3 rings (SSSR count). The molecule has 0 bridgehead atoms. The van der Waals surface area contributed by atoms with Crippen LogP contribution in [0.1, 0.15) is 45.5 Å². The van der Waals surface area contributed by atoms with Crippen molar-refractivity contribution in [2.24, 2.45) is 5.92 Å². The summed E-state index contributed by atoms with van der Waals surface area (Å²) in [6.45, 7) is 10.8. The lowest BCUT2D eigenvalue weighted by molar-refractivity contribution is 0.167. The molecule has 28 heavy (non-hydrogen) atoms. The molecule has 5 nitrogen and oxygen atoms in total. The smallest absolute Gasteiger partial charge is 0.261 e. The molecular weight excluding hydrogens is 379 g/mol. The summed E-state index contributed by atoms with van der Waals surface area (Å²) in [5.74, 6) is 0.726. The average molecular weight is 409 g/mol. The number of nitrogens with zero attached hydrogens (tertiary/aromatic N) is 4. The van der Waals surface area contributed by atoms with Crippen LogP contribution in [0, 0.1) is 11.7 Å². The van der Waals surface area contributed by atoms with Crippen molar-refractivity contribution in [3.05, 3.63) is 39.2 Å². The van der Waals surface area contributed by atoms with Crippen LogP contribution >= 0.6 is 11.6 Å². The Balaban J connectivity index is 2.14. The van der Waals surface area contributed by atoms with Gasteiger partial charge in [0.05, 0.1) is 22.0 Å². The van der Waals surface area contributed by atoms with Crippen molar-refractivity contribution in [3.63, 3.8) is 0 Å². The molecule has 2 atom stereocenters. The largest absolute Gasteiger partial charge is 0.305 e. The standard InChI is InChI=1S/C21H30ClFN4O/c1-5-7-19(26-9-8-25(4)12-14(3)13-26)20-24-18-11-17(23)16(22)10-15(18)21(28)27(20)6-2/h10-11,14,19H,5-9,12-13H2,1-4H3/t14?,19-/m0/s1. The van der Waals surface area contributed by atoms with E-state index in [0.29, 0.717) is 23.4 Å². The molecule has 154 valence electrons. The molecule has 0 saturated carbocycles. The molecule has 1 aromatic carbocycles. The molecule has 0 radical (unpaired) electrons. The molecule has 2 aromatic rings. The summed E-state index contributed by atoms with van der Waals surface area (Å²) in [5.41, 5.74) is 0.234. The fraction of sp³-hybridized carbons (Fsp3) is 0.619. The van der Waals surface area contributed by atoms with Crippen molar-refractivity contribution in [2.75, 3.05) is 33.2 Å². The lowest BCUT2D eigenvalue weighted by Crippen LogP contribution is -2.38. The Hall–Kier alpha value is -1.50. The zero-order chi connectivity index (χ0) is 20.4. The Bertz CT molecular complexity index is 900. The monoisotopic (exact) mass is 408 g/mol. The van der Waals surface area contributed by atoms with Crippen LogP contribution in [0.4, 0.5) is 4.39 Å². The lowest BCUT2D eigenvalue weighted by atomic mass is 10.1. The Morgan fingerprint density at radius 1 is 1.29 bits per heavy atom. The predicted octanol–water partition coefficient (Wildman–Crippen LogP) is 3.93. The van der Waals surface area contributed by atoms with E-state index >= 15 is 0 Å². The van der Waals surface area contributed by atoms with E-state index in [4.69, 9.17) is 16.6 Å². The van der Waals surface area contributed by atoms with Crippen molar-refractivity contribution in [1.29, 1.82) is 0 Å². The minimum Gasteiger partial charge on any atom is -0.305 e. The first-order valence-corrected chi connectivity index (χ1v) is 10.6. The SMILES string of the molecule is CCC[C@@H](c1nc2cc(F)c(Cl)cc2c(=O)n1CC)N1CCN(C)CC(C)C1. The van der Waals surface area contributed by atoms with E-state index in [-0.39, 0.29) is 16.6 Å². The summed E-state index contributed by atoms with van der Waals surface area (Å²) in [5, 5.41) is 0.326. The van der Waals surface area contributed by atoms with Crippen molar-refractivity contribution >= 4 is 22.5 Å². The van der Waals surface area contributed by atoms with Gasteiger partial charge < -0.3 is 4.90 Å². The van der Waals surface area contributed by atoms with E-state index in [1.807, 2.05) is 6.92 Å². The zero-order valence-electron chi connectivity index (χ0n) is 17.2. The van der Waals surface area contributed by atoms with Crippen LogP contribution in [0.2, 0.25) is 5.02 Å². The van der Waals surface area contributed by atoms with Crippen LogP contribution in [0.5, 0.6) is 0 Å². The van der Waals surface area contributed by atoms with Crippen LogP contribution in [0.25, 0.3) is 10.9 Å². The van der Waals surface area contributed by atoms with E-state index < -0.39 is 5.82 Å². The topological polar surface area (TPSA) is 41.4 Å². The first-order chi connectivity index (χ1) is 13.3. The van der Waals surface area contributed by atoms with Crippen molar-refractivity contribution in [3.8, 4) is 0 Å². The van der Waals surface area contributed by atoms with Gasteiger partial charge in [-0.2, -0.15) is 0 Å². The Kier molecular flexibility index (Phi) is 6.73.